The fraction of sp³-hybridized carbons (Fsp3) is 0.0952. The van der Waals surface area contributed by atoms with Gasteiger partial charge in [-0.1, -0.05) is 35.3 Å². The third-order valence-corrected chi connectivity index (χ3v) is 5.01. The monoisotopic (exact) mass is 385 g/mol. The highest BCUT2D eigenvalue weighted by Crippen LogP contribution is 2.32. The molecule has 1 unspecified atom stereocenters. The van der Waals surface area contributed by atoms with E-state index in [0.717, 1.165) is 23.5 Å². The highest BCUT2D eigenvalue weighted by molar-refractivity contribution is 6.30. The highest BCUT2D eigenvalue weighted by Gasteiger charge is 2.35. The van der Waals surface area contributed by atoms with Crippen LogP contribution in [0.25, 0.3) is 0 Å². The minimum Gasteiger partial charge on any atom is -0.229 e. The summed E-state index contributed by atoms with van der Waals surface area (Å²) >= 11 is 12.1. The number of hydrogen-bond acceptors (Lipinski definition) is 1. The second-order valence-corrected chi connectivity index (χ2v) is 7.07. The van der Waals surface area contributed by atoms with E-state index in [-0.39, 0.29) is 11.9 Å². The third-order valence-electron chi connectivity index (χ3n) is 4.51. The molecule has 0 aromatic heterocycles. The number of nitrogens with zero attached hydrogens (tertiary/aromatic N) is 2. The van der Waals surface area contributed by atoms with Gasteiger partial charge in [0.15, 0.2) is 6.04 Å². The maximum Gasteiger partial charge on any atom is 0.245 e. The molecule has 0 saturated carbocycles. The molecule has 130 valence electrons. The summed E-state index contributed by atoms with van der Waals surface area (Å²) in [6, 6.07) is 22.2. The van der Waals surface area contributed by atoms with Gasteiger partial charge in [0.05, 0.1) is 0 Å². The van der Waals surface area contributed by atoms with Crippen LogP contribution in [0.3, 0.4) is 0 Å². The van der Waals surface area contributed by atoms with Gasteiger partial charge in [0.25, 0.3) is 0 Å². The number of rotatable bonds is 3. The predicted octanol–water partition coefficient (Wildman–Crippen LogP) is 6.07. The Morgan fingerprint density at radius 2 is 1.38 bits per heavy atom. The summed E-state index contributed by atoms with van der Waals surface area (Å²) in [5.74, 6) is -0.245. The molecule has 5 heteroatoms. The summed E-state index contributed by atoms with van der Waals surface area (Å²) in [4.78, 5) is 2.15. The first kappa shape index (κ1) is 17.1. The normalized spacial score (nSPS) is 16.7. The van der Waals surface area contributed by atoms with Gasteiger partial charge in [0.1, 0.15) is 23.7 Å². The molecule has 0 aliphatic carbocycles. The number of anilines is 1. The van der Waals surface area contributed by atoms with E-state index in [2.05, 4.69) is 15.8 Å². The van der Waals surface area contributed by atoms with Crippen molar-refractivity contribution in [1.29, 1.82) is 0 Å². The van der Waals surface area contributed by atoms with Crippen LogP contribution in [0.15, 0.2) is 72.8 Å². The maximum atomic E-state index is 13.4. The van der Waals surface area contributed by atoms with E-state index in [1.54, 1.807) is 12.1 Å². The number of hydrogen-bond donors (Lipinski definition) is 0. The summed E-state index contributed by atoms with van der Waals surface area (Å²) in [5, 5.41) is 1.41. The zero-order valence-corrected chi connectivity index (χ0v) is 15.3. The Morgan fingerprint density at radius 3 is 2.00 bits per heavy atom. The predicted molar refractivity (Wildman–Crippen MR) is 105 cm³/mol. The maximum absolute atomic E-state index is 13.4. The van der Waals surface area contributed by atoms with E-state index in [4.69, 9.17) is 23.2 Å². The molecule has 0 fully saturated rings. The Hall–Kier alpha value is -2.36. The third kappa shape index (κ3) is 3.46. The van der Waals surface area contributed by atoms with E-state index in [9.17, 15) is 4.39 Å². The van der Waals surface area contributed by atoms with Crippen molar-refractivity contribution in [3.05, 3.63) is 94.2 Å². The highest BCUT2D eigenvalue weighted by atomic mass is 35.5. The summed E-state index contributed by atoms with van der Waals surface area (Å²) < 4.78 is 15.5. The average molecular weight is 386 g/mol. The Balaban J connectivity index is 1.74. The second kappa shape index (κ2) is 7.10. The first-order valence-electron chi connectivity index (χ1n) is 8.27. The van der Waals surface area contributed by atoms with Crippen molar-refractivity contribution in [3.63, 3.8) is 0 Å². The summed E-state index contributed by atoms with van der Waals surface area (Å²) in [6.07, 6.45) is 2.05. The van der Waals surface area contributed by atoms with Crippen LogP contribution in [-0.4, -0.2) is 17.5 Å². The first-order chi connectivity index (χ1) is 12.6. The smallest absolute Gasteiger partial charge is 0.229 e. The Bertz CT molecular complexity index is 935. The van der Waals surface area contributed by atoms with Crippen LogP contribution in [0.2, 0.25) is 10.0 Å². The van der Waals surface area contributed by atoms with Crippen molar-refractivity contribution in [2.24, 2.45) is 0 Å². The molecular weight excluding hydrogens is 370 g/mol. The van der Waals surface area contributed by atoms with Crippen LogP contribution in [0.1, 0.15) is 11.6 Å². The summed E-state index contributed by atoms with van der Waals surface area (Å²) in [7, 11) is 0. The zero-order valence-electron chi connectivity index (χ0n) is 13.8. The molecule has 0 spiro atoms. The van der Waals surface area contributed by atoms with Crippen LogP contribution in [0, 0.1) is 5.82 Å². The number of halogens is 3. The van der Waals surface area contributed by atoms with Gasteiger partial charge in [-0.2, -0.15) is 0 Å². The van der Waals surface area contributed by atoms with E-state index < -0.39 is 0 Å². The van der Waals surface area contributed by atoms with Crippen molar-refractivity contribution in [2.45, 2.75) is 6.04 Å². The van der Waals surface area contributed by atoms with Gasteiger partial charge >= 0.3 is 0 Å². The molecule has 1 aliphatic rings. The molecule has 4 rings (SSSR count). The van der Waals surface area contributed by atoms with Crippen LogP contribution in [0.4, 0.5) is 15.8 Å². The molecule has 1 heterocycles. The lowest BCUT2D eigenvalue weighted by Gasteiger charge is -2.17. The molecule has 0 bridgehead atoms. The van der Waals surface area contributed by atoms with Gasteiger partial charge < -0.3 is 0 Å². The fourth-order valence-corrected chi connectivity index (χ4v) is 3.42. The van der Waals surface area contributed by atoms with Crippen molar-refractivity contribution < 1.29 is 8.97 Å². The Kier molecular flexibility index (Phi) is 4.66. The van der Waals surface area contributed by atoms with Gasteiger partial charge in [-0.15, -0.1) is 0 Å². The van der Waals surface area contributed by atoms with Gasteiger partial charge in [-0.3, -0.25) is 0 Å². The van der Waals surface area contributed by atoms with Crippen molar-refractivity contribution in [2.75, 3.05) is 11.4 Å². The molecule has 3 aromatic carbocycles. The molecule has 1 atom stereocenters. The Labute approximate surface area is 161 Å². The molecule has 0 amide bonds. The lowest BCUT2D eigenvalue weighted by molar-refractivity contribution is -0.429. The van der Waals surface area contributed by atoms with Gasteiger partial charge in [-0.05, 0) is 60.7 Å². The molecular formula is C21H16Cl2FN2+. The molecule has 0 saturated heterocycles. The van der Waals surface area contributed by atoms with E-state index in [1.165, 1.54) is 12.1 Å². The van der Waals surface area contributed by atoms with E-state index in [1.807, 2.05) is 48.5 Å². The molecule has 26 heavy (non-hydrogen) atoms. The van der Waals surface area contributed by atoms with Crippen molar-refractivity contribution in [1.82, 2.24) is 0 Å². The largest absolute Gasteiger partial charge is 0.245 e. The SMILES string of the molecule is Fc1ccc(N2C=[N+](c3ccc(Cl)cc3)CC2c2ccc(Cl)cc2)cc1. The van der Waals surface area contributed by atoms with E-state index >= 15 is 0 Å². The molecule has 0 radical (unpaired) electrons. The minimum atomic E-state index is -0.245. The quantitative estimate of drug-likeness (QED) is 0.496. The standard InChI is InChI=1S/C21H16Cl2FN2/c22-16-3-1-15(2-4-16)21-13-25(19-9-5-17(23)6-10-19)14-26(21)20-11-7-18(24)8-12-20/h1-12,14,21H,13H2/q+1. The lowest BCUT2D eigenvalue weighted by atomic mass is 10.1. The Morgan fingerprint density at radius 1 is 0.808 bits per heavy atom. The lowest BCUT2D eigenvalue weighted by Crippen LogP contribution is -2.23. The first-order valence-corrected chi connectivity index (χ1v) is 9.02. The second-order valence-electron chi connectivity index (χ2n) is 6.20. The van der Waals surface area contributed by atoms with Crippen LogP contribution < -0.4 is 4.90 Å². The van der Waals surface area contributed by atoms with Gasteiger partial charge in [0.2, 0.25) is 6.34 Å². The minimum absolute atomic E-state index is 0.0911. The van der Waals surface area contributed by atoms with Crippen molar-refractivity contribution in [3.8, 4) is 0 Å². The molecule has 3 aromatic rings. The average Bonchev–Trinajstić information content (AvgIpc) is 3.09. The summed E-state index contributed by atoms with van der Waals surface area (Å²) in [5.41, 5.74) is 3.13. The zero-order chi connectivity index (χ0) is 18.1. The van der Waals surface area contributed by atoms with Crippen LogP contribution in [-0.2, 0) is 0 Å². The van der Waals surface area contributed by atoms with E-state index in [0.29, 0.717) is 10.0 Å². The molecule has 2 nitrogen and oxygen atoms in total. The van der Waals surface area contributed by atoms with Crippen molar-refractivity contribution >= 4 is 40.9 Å². The van der Waals surface area contributed by atoms with Crippen LogP contribution in [0.5, 0.6) is 0 Å². The van der Waals surface area contributed by atoms with Gasteiger partial charge in [0, 0.05) is 15.6 Å². The molecule has 0 N–H and O–H groups in total. The molecule has 1 aliphatic heterocycles. The topological polar surface area (TPSA) is 6.25 Å². The summed E-state index contributed by atoms with van der Waals surface area (Å²) in [6.45, 7) is 0.765. The van der Waals surface area contributed by atoms with Gasteiger partial charge in [-0.25, -0.2) is 13.9 Å². The number of benzene rings is 3. The van der Waals surface area contributed by atoms with Crippen LogP contribution >= 0.6 is 23.2 Å². The fourth-order valence-electron chi connectivity index (χ4n) is 3.17.